The molecule has 0 bridgehead atoms. The van der Waals surface area contributed by atoms with Crippen molar-refractivity contribution in [1.29, 1.82) is 0 Å². The lowest BCUT2D eigenvalue weighted by atomic mass is 10.2. The number of morpholine rings is 1. The summed E-state index contributed by atoms with van der Waals surface area (Å²) in [6.07, 6.45) is 1.12. The van der Waals surface area contributed by atoms with E-state index < -0.39 is 10.0 Å². The topological polar surface area (TPSA) is 84.7 Å². The Bertz CT molecular complexity index is 524. The van der Waals surface area contributed by atoms with Crippen molar-refractivity contribution in [2.75, 3.05) is 47.9 Å². The SMILES string of the molecule is CS(=O)(=O)Nc1cc(N)ccc1N1CCOCC1. The highest BCUT2D eigenvalue weighted by molar-refractivity contribution is 7.92. The zero-order valence-corrected chi connectivity index (χ0v) is 11.0. The number of nitrogens with two attached hydrogens (primary N) is 1. The number of anilines is 3. The van der Waals surface area contributed by atoms with Gasteiger partial charge in [-0.1, -0.05) is 0 Å². The highest BCUT2D eigenvalue weighted by Gasteiger charge is 2.16. The van der Waals surface area contributed by atoms with Crippen molar-refractivity contribution in [3.63, 3.8) is 0 Å². The third kappa shape index (κ3) is 3.27. The van der Waals surface area contributed by atoms with Crippen LogP contribution in [0.4, 0.5) is 17.1 Å². The van der Waals surface area contributed by atoms with Crippen LogP contribution in [0.25, 0.3) is 0 Å². The minimum absolute atomic E-state index is 0.513. The number of benzene rings is 1. The molecule has 100 valence electrons. The van der Waals surface area contributed by atoms with Crippen molar-refractivity contribution < 1.29 is 13.2 Å². The number of rotatable bonds is 3. The van der Waals surface area contributed by atoms with Crippen molar-refractivity contribution in [3.8, 4) is 0 Å². The van der Waals surface area contributed by atoms with E-state index in [1.54, 1.807) is 12.1 Å². The average molecular weight is 271 g/mol. The summed E-state index contributed by atoms with van der Waals surface area (Å²) in [5, 5.41) is 0. The number of ether oxygens (including phenoxy) is 1. The second-order valence-corrected chi connectivity index (χ2v) is 6.00. The van der Waals surface area contributed by atoms with Gasteiger partial charge in [-0.25, -0.2) is 8.42 Å². The van der Waals surface area contributed by atoms with Crippen LogP contribution in [0.1, 0.15) is 0 Å². The van der Waals surface area contributed by atoms with E-state index in [4.69, 9.17) is 10.5 Å². The normalized spacial score (nSPS) is 16.6. The van der Waals surface area contributed by atoms with E-state index in [1.807, 2.05) is 6.07 Å². The maximum atomic E-state index is 11.4. The molecule has 1 aromatic rings. The third-order valence-corrected chi connectivity index (χ3v) is 3.26. The predicted octanol–water partition coefficient (Wildman–Crippen LogP) is 0.477. The largest absolute Gasteiger partial charge is 0.399 e. The quantitative estimate of drug-likeness (QED) is 0.781. The molecule has 6 nitrogen and oxygen atoms in total. The molecular formula is C11H17N3O3S. The first-order valence-electron chi connectivity index (χ1n) is 5.66. The molecule has 7 heteroatoms. The standard InChI is InChI=1S/C11H17N3O3S/c1-18(15,16)13-10-8-9(12)2-3-11(10)14-4-6-17-7-5-14/h2-3,8,13H,4-7,12H2,1H3. The summed E-state index contributed by atoms with van der Waals surface area (Å²) >= 11 is 0. The average Bonchev–Trinajstić information content (AvgIpc) is 2.28. The van der Waals surface area contributed by atoms with Gasteiger partial charge in [-0.15, -0.1) is 0 Å². The van der Waals surface area contributed by atoms with E-state index in [1.165, 1.54) is 0 Å². The van der Waals surface area contributed by atoms with E-state index in [9.17, 15) is 8.42 Å². The van der Waals surface area contributed by atoms with Crippen LogP contribution in [0.2, 0.25) is 0 Å². The summed E-state index contributed by atoms with van der Waals surface area (Å²) in [6.45, 7) is 2.76. The van der Waals surface area contributed by atoms with Crippen molar-refractivity contribution >= 4 is 27.1 Å². The number of hydrogen-bond acceptors (Lipinski definition) is 5. The van der Waals surface area contributed by atoms with Gasteiger partial charge in [0.1, 0.15) is 0 Å². The van der Waals surface area contributed by atoms with Crippen LogP contribution in [0, 0.1) is 0 Å². The minimum Gasteiger partial charge on any atom is -0.399 e. The molecule has 0 amide bonds. The van der Waals surface area contributed by atoms with Gasteiger partial charge >= 0.3 is 0 Å². The first-order valence-corrected chi connectivity index (χ1v) is 7.55. The minimum atomic E-state index is -3.32. The Morgan fingerprint density at radius 1 is 1.33 bits per heavy atom. The Kier molecular flexibility index (Phi) is 3.63. The fourth-order valence-corrected chi connectivity index (χ4v) is 2.48. The smallest absolute Gasteiger partial charge is 0.229 e. The molecule has 0 aliphatic carbocycles. The first kappa shape index (κ1) is 13.0. The van der Waals surface area contributed by atoms with E-state index in [0.717, 1.165) is 25.0 Å². The summed E-state index contributed by atoms with van der Waals surface area (Å²) in [6, 6.07) is 5.22. The molecule has 1 aromatic carbocycles. The fraction of sp³-hybridized carbons (Fsp3) is 0.455. The molecule has 0 atom stereocenters. The Morgan fingerprint density at radius 3 is 2.61 bits per heavy atom. The maximum Gasteiger partial charge on any atom is 0.229 e. The summed E-state index contributed by atoms with van der Waals surface area (Å²) in [5.41, 5.74) is 7.57. The second-order valence-electron chi connectivity index (χ2n) is 4.25. The van der Waals surface area contributed by atoms with Gasteiger partial charge in [-0.2, -0.15) is 0 Å². The lowest BCUT2D eigenvalue weighted by molar-refractivity contribution is 0.123. The fourth-order valence-electron chi connectivity index (χ4n) is 1.92. The van der Waals surface area contributed by atoms with E-state index in [-0.39, 0.29) is 0 Å². The van der Waals surface area contributed by atoms with Gasteiger partial charge in [-0.05, 0) is 18.2 Å². The van der Waals surface area contributed by atoms with Crippen LogP contribution in [0.5, 0.6) is 0 Å². The molecule has 1 saturated heterocycles. The van der Waals surface area contributed by atoms with Gasteiger partial charge in [0.15, 0.2) is 0 Å². The Balaban J connectivity index is 2.33. The molecular weight excluding hydrogens is 254 g/mol. The van der Waals surface area contributed by atoms with Crippen molar-refractivity contribution in [3.05, 3.63) is 18.2 Å². The molecule has 0 radical (unpaired) electrons. The lowest BCUT2D eigenvalue weighted by Crippen LogP contribution is -2.36. The van der Waals surface area contributed by atoms with E-state index in [0.29, 0.717) is 24.6 Å². The zero-order valence-electron chi connectivity index (χ0n) is 10.2. The van der Waals surface area contributed by atoms with Gasteiger partial charge in [-0.3, -0.25) is 4.72 Å². The number of sulfonamides is 1. The highest BCUT2D eigenvalue weighted by atomic mass is 32.2. The number of nitrogens with one attached hydrogen (secondary N) is 1. The zero-order chi connectivity index (χ0) is 13.2. The van der Waals surface area contributed by atoms with Crippen LogP contribution in [0.15, 0.2) is 18.2 Å². The molecule has 0 unspecified atom stereocenters. The predicted molar refractivity (Wildman–Crippen MR) is 72.4 cm³/mol. The lowest BCUT2D eigenvalue weighted by Gasteiger charge is -2.30. The Hall–Kier alpha value is -1.47. The van der Waals surface area contributed by atoms with Crippen LogP contribution in [-0.2, 0) is 14.8 Å². The van der Waals surface area contributed by atoms with Gasteiger partial charge in [0.05, 0.1) is 30.8 Å². The number of hydrogen-bond donors (Lipinski definition) is 2. The monoisotopic (exact) mass is 271 g/mol. The Labute approximate surface area is 107 Å². The van der Waals surface area contributed by atoms with Crippen LogP contribution in [0.3, 0.4) is 0 Å². The molecule has 1 aliphatic rings. The van der Waals surface area contributed by atoms with Gasteiger partial charge in [0.25, 0.3) is 0 Å². The number of nitrogen functional groups attached to an aromatic ring is 1. The second kappa shape index (κ2) is 5.03. The summed E-state index contributed by atoms with van der Waals surface area (Å²) in [7, 11) is -3.32. The van der Waals surface area contributed by atoms with Gasteiger partial charge in [0, 0.05) is 18.8 Å². The molecule has 1 heterocycles. The van der Waals surface area contributed by atoms with Gasteiger partial charge < -0.3 is 15.4 Å². The molecule has 0 aromatic heterocycles. The molecule has 1 aliphatic heterocycles. The van der Waals surface area contributed by atoms with Crippen molar-refractivity contribution in [2.45, 2.75) is 0 Å². The molecule has 0 saturated carbocycles. The van der Waals surface area contributed by atoms with E-state index in [2.05, 4.69) is 9.62 Å². The molecule has 0 spiro atoms. The highest BCUT2D eigenvalue weighted by Crippen LogP contribution is 2.29. The Morgan fingerprint density at radius 2 is 2.00 bits per heavy atom. The van der Waals surface area contributed by atoms with Crippen LogP contribution in [-0.4, -0.2) is 41.0 Å². The van der Waals surface area contributed by atoms with Crippen LogP contribution >= 0.6 is 0 Å². The molecule has 18 heavy (non-hydrogen) atoms. The van der Waals surface area contributed by atoms with Crippen molar-refractivity contribution in [1.82, 2.24) is 0 Å². The van der Waals surface area contributed by atoms with Gasteiger partial charge in [0.2, 0.25) is 10.0 Å². The van der Waals surface area contributed by atoms with E-state index >= 15 is 0 Å². The first-order chi connectivity index (χ1) is 8.46. The maximum absolute atomic E-state index is 11.4. The van der Waals surface area contributed by atoms with Crippen molar-refractivity contribution in [2.24, 2.45) is 0 Å². The summed E-state index contributed by atoms with van der Waals surface area (Å²) < 4.78 is 30.5. The molecule has 3 N–H and O–H groups in total. The molecule has 1 fully saturated rings. The molecule has 2 rings (SSSR count). The summed E-state index contributed by atoms with van der Waals surface area (Å²) in [5.74, 6) is 0. The summed E-state index contributed by atoms with van der Waals surface area (Å²) in [4.78, 5) is 2.08. The third-order valence-electron chi connectivity index (χ3n) is 2.67. The number of nitrogens with zero attached hydrogens (tertiary/aromatic N) is 1. The van der Waals surface area contributed by atoms with Crippen LogP contribution < -0.4 is 15.4 Å².